The zero-order valence-corrected chi connectivity index (χ0v) is 15.2. The first-order valence-electron chi connectivity index (χ1n) is 8.46. The van der Waals surface area contributed by atoms with E-state index in [1.165, 1.54) is 11.3 Å². The smallest absolute Gasteiger partial charge is 0.338 e. The van der Waals surface area contributed by atoms with Crippen molar-refractivity contribution in [2.45, 2.75) is 31.9 Å². The Morgan fingerprint density at radius 1 is 1.30 bits per heavy atom. The molecule has 1 saturated heterocycles. The van der Waals surface area contributed by atoms with Crippen LogP contribution in [-0.4, -0.2) is 43.5 Å². The summed E-state index contributed by atoms with van der Waals surface area (Å²) in [6, 6.07) is 2.95. The Balaban J connectivity index is 1.55. The number of nitrogens with zero attached hydrogens (tertiary/aromatic N) is 5. The average Bonchev–Trinajstić information content (AvgIpc) is 3.28. The van der Waals surface area contributed by atoms with E-state index in [4.69, 9.17) is 0 Å². The van der Waals surface area contributed by atoms with Crippen LogP contribution in [0, 0.1) is 6.92 Å². The molecule has 4 heterocycles. The van der Waals surface area contributed by atoms with Crippen molar-refractivity contribution in [2.75, 3.05) is 13.1 Å². The fourth-order valence-corrected chi connectivity index (χ4v) is 4.25. The van der Waals surface area contributed by atoms with Crippen molar-refractivity contribution in [1.29, 1.82) is 0 Å². The Hall–Kier alpha value is -2.49. The van der Waals surface area contributed by atoms with Crippen LogP contribution in [0.25, 0.3) is 5.78 Å². The number of piperidine rings is 1. The SMILES string of the molecule is Cc1ccsc1C(=O)N1CCC(c2cc(C(F)(F)F)n3ncnc3n2)CC1. The largest absolute Gasteiger partial charge is 0.433 e. The molecule has 3 aromatic rings. The number of hydrogen-bond donors (Lipinski definition) is 0. The molecule has 0 unspecified atom stereocenters. The van der Waals surface area contributed by atoms with Crippen molar-refractivity contribution in [3.05, 3.63) is 45.7 Å². The number of aryl methyl sites for hydroxylation is 1. The summed E-state index contributed by atoms with van der Waals surface area (Å²) < 4.78 is 40.7. The van der Waals surface area contributed by atoms with Crippen LogP contribution in [0.2, 0.25) is 0 Å². The van der Waals surface area contributed by atoms with Crippen molar-refractivity contribution >= 4 is 23.0 Å². The lowest BCUT2D eigenvalue weighted by molar-refractivity contribution is -0.142. The first-order valence-corrected chi connectivity index (χ1v) is 9.34. The van der Waals surface area contributed by atoms with Gasteiger partial charge in [-0.25, -0.2) is 4.98 Å². The van der Waals surface area contributed by atoms with Crippen LogP contribution < -0.4 is 0 Å². The number of amides is 1. The Bertz CT molecular complexity index is 988. The second-order valence-electron chi connectivity index (χ2n) is 6.54. The van der Waals surface area contributed by atoms with Gasteiger partial charge in [0.2, 0.25) is 0 Å². The number of carbonyl (C=O) groups is 1. The number of aromatic nitrogens is 4. The predicted octanol–water partition coefficient (Wildman–Crippen LogP) is 3.53. The number of rotatable bonds is 2. The first kappa shape index (κ1) is 17.9. The van der Waals surface area contributed by atoms with Gasteiger partial charge in [0.1, 0.15) is 6.33 Å². The van der Waals surface area contributed by atoms with Crippen LogP contribution >= 0.6 is 11.3 Å². The fraction of sp³-hybridized carbons (Fsp3) is 0.412. The summed E-state index contributed by atoms with van der Waals surface area (Å²) in [6.45, 7) is 2.87. The molecule has 10 heteroatoms. The monoisotopic (exact) mass is 395 g/mol. The molecule has 4 rings (SSSR count). The summed E-state index contributed by atoms with van der Waals surface area (Å²) in [6.07, 6.45) is -2.36. The second kappa shape index (κ2) is 6.59. The van der Waals surface area contributed by atoms with E-state index in [1.807, 2.05) is 18.4 Å². The number of alkyl halides is 3. The number of hydrogen-bond acceptors (Lipinski definition) is 5. The highest BCUT2D eigenvalue weighted by molar-refractivity contribution is 7.12. The Labute approximate surface area is 156 Å². The maximum Gasteiger partial charge on any atom is 0.433 e. The van der Waals surface area contributed by atoms with Gasteiger partial charge in [0, 0.05) is 24.7 Å². The molecule has 0 atom stereocenters. The van der Waals surface area contributed by atoms with Gasteiger partial charge in [-0.3, -0.25) is 4.79 Å². The Morgan fingerprint density at radius 3 is 2.67 bits per heavy atom. The third-order valence-electron chi connectivity index (χ3n) is 4.82. The second-order valence-corrected chi connectivity index (χ2v) is 7.45. The van der Waals surface area contributed by atoms with Crippen LogP contribution in [0.4, 0.5) is 13.2 Å². The van der Waals surface area contributed by atoms with Crippen molar-refractivity contribution in [1.82, 2.24) is 24.5 Å². The molecule has 1 amide bonds. The van der Waals surface area contributed by atoms with Gasteiger partial charge in [0.25, 0.3) is 11.7 Å². The molecule has 0 aliphatic carbocycles. The van der Waals surface area contributed by atoms with Gasteiger partial charge in [-0.1, -0.05) is 0 Å². The summed E-state index contributed by atoms with van der Waals surface area (Å²) in [7, 11) is 0. The molecule has 0 N–H and O–H groups in total. The maximum atomic E-state index is 13.3. The van der Waals surface area contributed by atoms with Gasteiger partial charge in [-0.2, -0.15) is 27.8 Å². The zero-order chi connectivity index (χ0) is 19.2. The van der Waals surface area contributed by atoms with E-state index >= 15 is 0 Å². The quantitative estimate of drug-likeness (QED) is 0.666. The van der Waals surface area contributed by atoms with E-state index in [1.54, 1.807) is 4.90 Å². The van der Waals surface area contributed by atoms with Crippen molar-refractivity contribution in [3.8, 4) is 0 Å². The lowest BCUT2D eigenvalue weighted by Crippen LogP contribution is -2.38. The summed E-state index contributed by atoms with van der Waals surface area (Å²) in [5, 5.41) is 5.50. The summed E-state index contributed by atoms with van der Waals surface area (Å²) >= 11 is 1.41. The maximum absolute atomic E-state index is 13.3. The Kier molecular flexibility index (Phi) is 4.37. The zero-order valence-electron chi connectivity index (χ0n) is 14.4. The lowest BCUT2D eigenvalue weighted by atomic mass is 9.92. The van der Waals surface area contributed by atoms with Crippen LogP contribution in [0.5, 0.6) is 0 Å². The van der Waals surface area contributed by atoms with Gasteiger partial charge in [-0.05, 0) is 42.8 Å². The van der Waals surface area contributed by atoms with Gasteiger partial charge < -0.3 is 4.90 Å². The minimum absolute atomic E-state index is 0.0159. The summed E-state index contributed by atoms with van der Waals surface area (Å²) in [4.78, 5) is 23.1. The molecular formula is C17H16F3N5OS. The molecule has 27 heavy (non-hydrogen) atoms. The molecule has 0 saturated carbocycles. The van der Waals surface area contributed by atoms with Crippen molar-refractivity contribution in [3.63, 3.8) is 0 Å². The van der Waals surface area contributed by atoms with E-state index in [2.05, 4.69) is 15.1 Å². The van der Waals surface area contributed by atoms with Crippen LogP contribution in [0.15, 0.2) is 23.8 Å². The molecule has 1 aliphatic rings. The minimum atomic E-state index is -4.54. The van der Waals surface area contributed by atoms with Gasteiger partial charge in [0.15, 0.2) is 5.69 Å². The first-order chi connectivity index (χ1) is 12.8. The van der Waals surface area contributed by atoms with Crippen LogP contribution in [-0.2, 0) is 6.18 Å². The molecule has 0 aromatic carbocycles. The van der Waals surface area contributed by atoms with E-state index in [0.29, 0.717) is 36.1 Å². The number of likely N-dealkylation sites (tertiary alicyclic amines) is 1. The number of carbonyl (C=O) groups excluding carboxylic acids is 1. The molecule has 0 spiro atoms. The van der Waals surface area contributed by atoms with Crippen LogP contribution in [0.3, 0.4) is 0 Å². The fourth-order valence-electron chi connectivity index (χ4n) is 3.36. The third kappa shape index (κ3) is 3.29. The topological polar surface area (TPSA) is 63.4 Å². The molecule has 6 nitrogen and oxygen atoms in total. The lowest BCUT2D eigenvalue weighted by Gasteiger charge is -2.31. The van der Waals surface area contributed by atoms with Gasteiger partial charge in [0.05, 0.1) is 4.88 Å². The molecule has 3 aromatic heterocycles. The molecular weight excluding hydrogens is 379 g/mol. The van der Waals surface area contributed by atoms with Crippen LogP contribution in [0.1, 0.15) is 45.4 Å². The standard InChI is InChI=1S/C17H16F3N5OS/c1-10-4-7-27-14(10)15(26)24-5-2-11(3-6-24)12-8-13(17(18,19)20)25-16(23-12)21-9-22-25/h4,7-9,11H,2-3,5-6H2,1H3. The van der Waals surface area contributed by atoms with E-state index < -0.39 is 11.9 Å². The minimum Gasteiger partial charge on any atom is -0.338 e. The van der Waals surface area contributed by atoms with Crippen molar-refractivity contribution in [2.24, 2.45) is 0 Å². The summed E-state index contributed by atoms with van der Waals surface area (Å²) in [5.41, 5.74) is 0.413. The highest BCUT2D eigenvalue weighted by Gasteiger charge is 2.36. The van der Waals surface area contributed by atoms with E-state index in [-0.39, 0.29) is 17.6 Å². The Morgan fingerprint density at radius 2 is 2.04 bits per heavy atom. The van der Waals surface area contributed by atoms with Crippen molar-refractivity contribution < 1.29 is 18.0 Å². The molecule has 142 valence electrons. The number of thiophene rings is 1. The average molecular weight is 395 g/mol. The third-order valence-corrected chi connectivity index (χ3v) is 5.82. The van der Waals surface area contributed by atoms with E-state index in [0.717, 1.165) is 22.8 Å². The molecule has 0 radical (unpaired) electrons. The molecule has 1 aliphatic heterocycles. The summed E-state index contributed by atoms with van der Waals surface area (Å²) in [5.74, 6) is -0.230. The molecule has 1 fully saturated rings. The number of halogens is 3. The predicted molar refractivity (Wildman–Crippen MR) is 92.7 cm³/mol. The molecule has 0 bridgehead atoms. The normalized spacial score (nSPS) is 16.2. The van der Waals surface area contributed by atoms with Gasteiger partial charge in [-0.15, -0.1) is 11.3 Å². The highest BCUT2D eigenvalue weighted by atomic mass is 32.1. The number of fused-ring (bicyclic) bond motifs is 1. The highest BCUT2D eigenvalue weighted by Crippen LogP contribution is 2.34. The van der Waals surface area contributed by atoms with Gasteiger partial charge >= 0.3 is 6.18 Å². The van der Waals surface area contributed by atoms with E-state index in [9.17, 15) is 18.0 Å².